The van der Waals surface area contributed by atoms with Gasteiger partial charge in [0.05, 0.1) is 6.61 Å². The van der Waals surface area contributed by atoms with Gasteiger partial charge in [0, 0.05) is 18.1 Å². The Kier molecular flexibility index (Phi) is 5.73. The molecule has 1 fully saturated rings. The molecule has 0 aromatic rings. The third kappa shape index (κ3) is 3.44. The first-order chi connectivity index (χ1) is 7.60. The van der Waals surface area contributed by atoms with Crippen molar-refractivity contribution in [2.45, 2.75) is 64.6 Å². The molecule has 96 valence electrons. The van der Waals surface area contributed by atoms with Crippen LogP contribution >= 0.6 is 0 Å². The molecule has 3 nitrogen and oxygen atoms in total. The number of rotatable bonds is 6. The Morgan fingerprint density at radius 3 is 2.62 bits per heavy atom. The van der Waals surface area contributed by atoms with E-state index < -0.39 is 0 Å². The smallest absolute Gasteiger partial charge is 0.0602 e. The van der Waals surface area contributed by atoms with Crippen molar-refractivity contribution < 1.29 is 5.11 Å². The minimum absolute atomic E-state index is 0.108. The van der Waals surface area contributed by atoms with Gasteiger partial charge in [0.15, 0.2) is 0 Å². The summed E-state index contributed by atoms with van der Waals surface area (Å²) in [7, 11) is 0. The predicted molar refractivity (Wildman–Crippen MR) is 68.3 cm³/mol. The summed E-state index contributed by atoms with van der Waals surface area (Å²) in [4.78, 5) is 2.44. The second-order valence-corrected chi connectivity index (χ2v) is 5.49. The van der Waals surface area contributed by atoms with Gasteiger partial charge >= 0.3 is 0 Å². The SMILES string of the molecule is CCC1CCCN1C(CO)C(N)CC(C)C. The highest BCUT2D eigenvalue weighted by atomic mass is 16.3. The lowest BCUT2D eigenvalue weighted by atomic mass is 9.97. The third-order valence-electron chi connectivity index (χ3n) is 3.74. The monoisotopic (exact) mass is 228 g/mol. The molecule has 0 bridgehead atoms. The second kappa shape index (κ2) is 6.58. The van der Waals surface area contributed by atoms with E-state index in [0.717, 1.165) is 13.0 Å². The molecule has 3 heteroatoms. The van der Waals surface area contributed by atoms with E-state index in [0.29, 0.717) is 12.0 Å². The zero-order valence-electron chi connectivity index (χ0n) is 11.0. The van der Waals surface area contributed by atoms with E-state index in [-0.39, 0.29) is 18.7 Å². The molecule has 1 aliphatic rings. The first-order valence-corrected chi connectivity index (χ1v) is 6.72. The summed E-state index contributed by atoms with van der Waals surface area (Å²) in [5, 5.41) is 9.56. The molecule has 3 N–H and O–H groups in total. The van der Waals surface area contributed by atoms with Crippen LogP contribution in [-0.2, 0) is 0 Å². The van der Waals surface area contributed by atoms with Gasteiger partial charge in [-0.05, 0) is 38.1 Å². The Hall–Kier alpha value is -0.120. The maximum absolute atomic E-state index is 9.56. The maximum Gasteiger partial charge on any atom is 0.0602 e. The second-order valence-electron chi connectivity index (χ2n) is 5.49. The Labute approximate surface area is 100 Å². The van der Waals surface area contributed by atoms with E-state index in [1.54, 1.807) is 0 Å². The van der Waals surface area contributed by atoms with Crippen LogP contribution in [0.25, 0.3) is 0 Å². The maximum atomic E-state index is 9.56. The van der Waals surface area contributed by atoms with E-state index in [1.807, 2.05) is 0 Å². The number of hydrogen-bond acceptors (Lipinski definition) is 3. The molecular formula is C13H28N2O. The fraction of sp³-hybridized carbons (Fsp3) is 1.00. The van der Waals surface area contributed by atoms with Gasteiger partial charge in [-0.1, -0.05) is 20.8 Å². The summed E-state index contributed by atoms with van der Waals surface area (Å²) in [6, 6.07) is 0.905. The third-order valence-corrected chi connectivity index (χ3v) is 3.74. The summed E-state index contributed by atoms with van der Waals surface area (Å²) in [6.45, 7) is 7.91. The number of likely N-dealkylation sites (tertiary alicyclic amines) is 1. The molecular weight excluding hydrogens is 200 g/mol. The highest BCUT2D eigenvalue weighted by molar-refractivity contribution is 4.89. The van der Waals surface area contributed by atoms with Crippen molar-refractivity contribution in [1.29, 1.82) is 0 Å². The average Bonchev–Trinajstić information content (AvgIpc) is 2.66. The molecule has 1 saturated heterocycles. The Morgan fingerprint density at radius 1 is 1.44 bits per heavy atom. The molecule has 0 spiro atoms. The lowest BCUT2D eigenvalue weighted by molar-refractivity contribution is 0.0864. The van der Waals surface area contributed by atoms with Crippen LogP contribution in [0.15, 0.2) is 0 Å². The quantitative estimate of drug-likeness (QED) is 0.726. The number of aliphatic hydroxyl groups is 1. The van der Waals surface area contributed by atoms with Crippen molar-refractivity contribution >= 4 is 0 Å². The largest absolute Gasteiger partial charge is 0.395 e. The molecule has 1 aliphatic heterocycles. The molecule has 0 aliphatic carbocycles. The highest BCUT2D eigenvalue weighted by Gasteiger charge is 2.32. The van der Waals surface area contributed by atoms with Crippen molar-refractivity contribution in [3.63, 3.8) is 0 Å². The van der Waals surface area contributed by atoms with Crippen LogP contribution in [0.5, 0.6) is 0 Å². The minimum atomic E-state index is 0.108. The van der Waals surface area contributed by atoms with Crippen molar-refractivity contribution in [3.05, 3.63) is 0 Å². The van der Waals surface area contributed by atoms with Gasteiger partial charge in [0.2, 0.25) is 0 Å². The van der Waals surface area contributed by atoms with Crippen LogP contribution in [-0.4, -0.2) is 41.3 Å². The van der Waals surface area contributed by atoms with Crippen molar-refractivity contribution in [2.24, 2.45) is 11.7 Å². The number of aliphatic hydroxyl groups excluding tert-OH is 1. The van der Waals surface area contributed by atoms with E-state index in [2.05, 4.69) is 25.7 Å². The summed E-state index contributed by atoms with van der Waals surface area (Å²) < 4.78 is 0. The minimum Gasteiger partial charge on any atom is -0.395 e. The van der Waals surface area contributed by atoms with Gasteiger partial charge in [-0.2, -0.15) is 0 Å². The Morgan fingerprint density at radius 2 is 2.12 bits per heavy atom. The van der Waals surface area contributed by atoms with Crippen LogP contribution in [0.3, 0.4) is 0 Å². The fourth-order valence-corrected chi connectivity index (χ4v) is 2.92. The average molecular weight is 228 g/mol. The molecule has 0 aromatic heterocycles. The van der Waals surface area contributed by atoms with Gasteiger partial charge in [0.25, 0.3) is 0 Å². The molecule has 3 atom stereocenters. The number of hydrogen-bond donors (Lipinski definition) is 2. The summed E-state index contributed by atoms with van der Waals surface area (Å²) in [6.07, 6.45) is 4.69. The van der Waals surface area contributed by atoms with Crippen LogP contribution in [0.2, 0.25) is 0 Å². The predicted octanol–water partition coefficient (Wildman–Crippen LogP) is 1.60. The lowest BCUT2D eigenvalue weighted by Crippen LogP contribution is -2.52. The van der Waals surface area contributed by atoms with Crippen LogP contribution in [0, 0.1) is 5.92 Å². The fourth-order valence-electron chi connectivity index (χ4n) is 2.92. The summed E-state index contributed by atoms with van der Waals surface area (Å²) in [5.74, 6) is 0.603. The van der Waals surface area contributed by atoms with Gasteiger partial charge in [-0.15, -0.1) is 0 Å². The zero-order chi connectivity index (χ0) is 12.1. The van der Waals surface area contributed by atoms with Crippen LogP contribution in [0.4, 0.5) is 0 Å². The van der Waals surface area contributed by atoms with E-state index in [1.165, 1.54) is 19.3 Å². The normalized spacial score (nSPS) is 26.2. The first-order valence-electron chi connectivity index (χ1n) is 6.72. The molecule has 1 heterocycles. The molecule has 0 amide bonds. The number of nitrogens with two attached hydrogens (primary N) is 1. The van der Waals surface area contributed by atoms with Gasteiger partial charge in [-0.25, -0.2) is 0 Å². The van der Waals surface area contributed by atoms with Gasteiger partial charge in [0.1, 0.15) is 0 Å². The molecule has 0 saturated carbocycles. The van der Waals surface area contributed by atoms with Crippen molar-refractivity contribution in [1.82, 2.24) is 4.90 Å². The first kappa shape index (κ1) is 13.9. The van der Waals surface area contributed by atoms with Crippen LogP contribution < -0.4 is 5.73 Å². The molecule has 1 rings (SSSR count). The molecule has 16 heavy (non-hydrogen) atoms. The van der Waals surface area contributed by atoms with Crippen LogP contribution in [0.1, 0.15) is 46.5 Å². The number of nitrogens with zero attached hydrogens (tertiary/aromatic N) is 1. The Bertz CT molecular complexity index is 196. The molecule has 0 radical (unpaired) electrons. The van der Waals surface area contributed by atoms with Crippen molar-refractivity contribution in [2.75, 3.05) is 13.2 Å². The van der Waals surface area contributed by atoms with Gasteiger partial charge in [-0.3, -0.25) is 4.90 Å². The summed E-state index contributed by atoms with van der Waals surface area (Å²) >= 11 is 0. The molecule has 3 unspecified atom stereocenters. The van der Waals surface area contributed by atoms with Crippen molar-refractivity contribution in [3.8, 4) is 0 Å². The highest BCUT2D eigenvalue weighted by Crippen LogP contribution is 2.24. The van der Waals surface area contributed by atoms with Gasteiger partial charge < -0.3 is 10.8 Å². The Balaban J connectivity index is 2.58. The lowest BCUT2D eigenvalue weighted by Gasteiger charge is -2.35. The van der Waals surface area contributed by atoms with E-state index in [4.69, 9.17) is 5.73 Å². The standard InChI is InChI=1S/C13H28N2O/c1-4-11-6-5-7-15(11)13(9-16)12(14)8-10(2)3/h10-13,16H,4-9,14H2,1-3H3. The van der Waals surface area contributed by atoms with E-state index in [9.17, 15) is 5.11 Å². The topological polar surface area (TPSA) is 49.5 Å². The molecule has 0 aromatic carbocycles. The van der Waals surface area contributed by atoms with E-state index >= 15 is 0 Å². The summed E-state index contributed by atoms with van der Waals surface area (Å²) in [5.41, 5.74) is 6.22. The zero-order valence-corrected chi connectivity index (χ0v) is 11.0.